The lowest BCUT2D eigenvalue weighted by Gasteiger charge is -2.13. The highest BCUT2D eigenvalue weighted by Crippen LogP contribution is 2.19. The van der Waals surface area contributed by atoms with Gasteiger partial charge in [0.25, 0.3) is 5.91 Å². The van der Waals surface area contributed by atoms with Gasteiger partial charge in [-0.15, -0.1) is 0 Å². The summed E-state index contributed by atoms with van der Waals surface area (Å²) in [5, 5.41) is 5.93. The topological polar surface area (TPSA) is 67.4 Å². The van der Waals surface area contributed by atoms with E-state index in [4.69, 9.17) is 0 Å². The van der Waals surface area contributed by atoms with Gasteiger partial charge in [-0.1, -0.05) is 0 Å². The van der Waals surface area contributed by atoms with Gasteiger partial charge in [-0.2, -0.15) is 0 Å². The molecule has 0 bridgehead atoms. The van der Waals surface area contributed by atoms with Crippen LogP contribution in [0, 0.1) is 0 Å². The summed E-state index contributed by atoms with van der Waals surface area (Å²) in [7, 11) is 1.35. The van der Waals surface area contributed by atoms with Gasteiger partial charge in [-0.05, 0) is 44.0 Å². The maximum Gasteiger partial charge on any atom is 0.327 e. The SMILES string of the molecule is COC(=O)C(C)Nc1ccc(C(=O)NC2CC2)cc1. The summed E-state index contributed by atoms with van der Waals surface area (Å²) in [6.45, 7) is 1.72. The first-order chi connectivity index (χ1) is 9.10. The molecular weight excluding hydrogens is 244 g/mol. The molecule has 1 saturated carbocycles. The van der Waals surface area contributed by atoms with Crippen molar-refractivity contribution in [3.63, 3.8) is 0 Å². The van der Waals surface area contributed by atoms with Gasteiger partial charge in [-0.3, -0.25) is 4.79 Å². The molecule has 1 aromatic rings. The largest absolute Gasteiger partial charge is 0.467 e. The van der Waals surface area contributed by atoms with Crippen LogP contribution < -0.4 is 10.6 Å². The second-order valence-corrected chi connectivity index (χ2v) is 4.71. The van der Waals surface area contributed by atoms with Crippen LogP contribution in [-0.2, 0) is 9.53 Å². The van der Waals surface area contributed by atoms with Gasteiger partial charge in [0.2, 0.25) is 0 Å². The lowest BCUT2D eigenvalue weighted by atomic mass is 10.2. The first-order valence-corrected chi connectivity index (χ1v) is 6.35. The summed E-state index contributed by atoms with van der Waals surface area (Å²) in [6, 6.07) is 6.97. The summed E-state index contributed by atoms with van der Waals surface area (Å²) >= 11 is 0. The minimum Gasteiger partial charge on any atom is -0.467 e. The summed E-state index contributed by atoms with van der Waals surface area (Å²) in [4.78, 5) is 23.0. The molecule has 1 fully saturated rings. The zero-order valence-corrected chi connectivity index (χ0v) is 11.1. The molecule has 102 valence electrons. The third kappa shape index (κ3) is 3.71. The van der Waals surface area contributed by atoms with E-state index in [0.29, 0.717) is 11.6 Å². The standard InChI is InChI=1S/C14H18N2O3/c1-9(14(18)19-2)15-11-5-3-10(4-6-11)13(17)16-12-7-8-12/h3-6,9,12,15H,7-8H2,1-2H3,(H,16,17). The molecule has 1 aromatic carbocycles. The number of benzene rings is 1. The number of hydrogen-bond donors (Lipinski definition) is 2. The van der Waals surface area contributed by atoms with Crippen molar-refractivity contribution in [3.8, 4) is 0 Å². The van der Waals surface area contributed by atoms with Gasteiger partial charge in [0.05, 0.1) is 7.11 Å². The van der Waals surface area contributed by atoms with Crippen LogP contribution in [0.25, 0.3) is 0 Å². The van der Waals surface area contributed by atoms with Gasteiger partial charge < -0.3 is 15.4 Å². The molecule has 5 nitrogen and oxygen atoms in total. The molecule has 1 aliphatic carbocycles. The molecule has 0 spiro atoms. The fourth-order valence-electron chi connectivity index (χ4n) is 1.70. The maximum atomic E-state index is 11.8. The van der Waals surface area contributed by atoms with Crippen LogP contribution in [-0.4, -0.2) is 31.1 Å². The quantitative estimate of drug-likeness (QED) is 0.790. The molecule has 2 N–H and O–H groups in total. The van der Waals surface area contributed by atoms with Crippen LogP contribution in [0.1, 0.15) is 30.1 Å². The van der Waals surface area contributed by atoms with Crippen LogP contribution in [0.2, 0.25) is 0 Å². The van der Waals surface area contributed by atoms with Gasteiger partial charge >= 0.3 is 5.97 Å². The first kappa shape index (κ1) is 13.4. The zero-order chi connectivity index (χ0) is 13.8. The van der Waals surface area contributed by atoms with Crippen LogP contribution >= 0.6 is 0 Å². The monoisotopic (exact) mass is 262 g/mol. The molecule has 0 heterocycles. The Bertz CT molecular complexity index is 466. The molecule has 1 atom stereocenters. The Hall–Kier alpha value is -2.04. The highest BCUT2D eigenvalue weighted by atomic mass is 16.5. The number of ether oxygens (including phenoxy) is 1. The molecule has 0 aromatic heterocycles. The number of rotatable bonds is 5. The van der Waals surface area contributed by atoms with E-state index >= 15 is 0 Å². The van der Waals surface area contributed by atoms with Crippen molar-refractivity contribution >= 4 is 17.6 Å². The predicted octanol–water partition coefficient (Wildman–Crippen LogP) is 1.55. The number of hydrogen-bond acceptors (Lipinski definition) is 4. The lowest BCUT2D eigenvalue weighted by molar-refractivity contribution is -0.141. The van der Waals surface area contributed by atoms with E-state index in [1.54, 1.807) is 31.2 Å². The smallest absolute Gasteiger partial charge is 0.327 e. The molecule has 2 rings (SSSR count). The van der Waals surface area contributed by atoms with Crippen LogP contribution in [0.15, 0.2) is 24.3 Å². The van der Waals surface area contributed by atoms with Crippen molar-refractivity contribution < 1.29 is 14.3 Å². The minimum absolute atomic E-state index is 0.0462. The van der Waals surface area contributed by atoms with Crippen molar-refractivity contribution in [1.29, 1.82) is 0 Å². The van der Waals surface area contributed by atoms with Crippen LogP contribution in [0.3, 0.4) is 0 Å². The molecule has 19 heavy (non-hydrogen) atoms. The number of methoxy groups -OCH3 is 1. The molecular formula is C14H18N2O3. The molecule has 0 aliphatic heterocycles. The van der Waals surface area contributed by atoms with Crippen molar-refractivity contribution in [2.75, 3.05) is 12.4 Å². The van der Waals surface area contributed by atoms with E-state index in [-0.39, 0.29) is 11.9 Å². The Balaban J connectivity index is 1.93. The fourth-order valence-corrected chi connectivity index (χ4v) is 1.70. The Labute approximate surface area is 112 Å². The predicted molar refractivity (Wildman–Crippen MR) is 72.0 cm³/mol. The third-order valence-electron chi connectivity index (χ3n) is 3.00. The first-order valence-electron chi connectivity index (χ1n) is 6.35. The minimum atomic E-state index is -0.420. The second kappa shape index (κ2) is 5.73. The molecule has 1 aliphatic rings. The molecule has 5 heteroatoms. The molecule has 0 radical (unpaired) electrons. The number of carbonyl (C=O) groups excluding carboxylic acids is 2. The summed E-state index contributed by atoms with van der Waals surface area (Å²) in [5.74, 6) is -0.370. The summed E-state index contributed by atoms with van der Waals surface area (Å²) < 4.78 is 4.63. The highest BCUT2D eigenvalue weighted by Gasteiger charge is 2.23. The number of anilines is 1. The second-order valence-electron chi connectivity index (χ2n) is 4.71. The summed E-state index contributed by atoms with van der Waals surface area (Å²) in [5.41, 5.74) is 1.41. The van der Waals surface area contributed by atoms with E-state index in [9.17, 15) is 9.59 Å². The van der Waals surface area contributed by atoms with E-state index in [0.717, 1.165) is 18.5 Å². The lowest BCUT2D eigenvalue weighted by Crippen LogP contribution is -2.27. The van der Waals surface area contributed by atoms with Crippen LogP contribution in [0.4, 0.5) is 5.69 Å². The van der Waals surface area contributed by atoms with Gasteiger partial charge in [0.15, 0.2) is 0 Å². The van der Waals surface area contributed by atoms with Crippen LogP contribution in [0.5, 0.6) is 0 Å². The molecule has 1 amide bonds. The summed E-state index contributed by atoms with van der Waals surface area (Å²) in [6.07, 6.45) is 2.14. The van der Waals surface area contributed by atoms with Crippen molar-refractivity contribution in [1.82, 2.24) is 5.32 Å². The van der Waals surface area contributed by atoms with Gasteiger partial charge in [0, 0.05) is 17.3 Å². The average molecular weight is 262 g/mol. The fraction of sp³-hybridized carbons (Fsp3) is 0.429. The van der Waals surface area contributed by atoms with E-state index < -0.39 is 6.04 Å². The molecule has 1 unspecified atom stereocenters. The van der Waals surface area contributed by atoms with Gasteiger partial charge in [-0.25, -0.2) is 4.79 Å². The number of carbonyl (C=O) groups is 2. The zero-order valence-electron chi connectivity index (χ0n) is 11.1. The van der Waals surface area contributed by atoms with Crippen molar-refractivity contribution in [2.45, 2.75) is 31.8 Å². The Kier molecular flexibility index (Phi) is 4.04. The number of nitrogens with one attached hydrogen (secondary N) is 2. The Morgan fingerprint density at radius 2 is 1.89 bits per heavy atom. The van der Waals surface area contributed by atoms with Gasteiger partial charge in [0.1, 0.15) is 6.04 Å². The molecule has 0 saturated heterocycles. The van der Waals surface area contributed by atoms with Crippen molar-refractivity contribution in [3.05, 3.63) is 29.8 Å². The van der Waals surface area contributed by atoms with Crippen molar-refractivity contribution in [2.24, 2.45) is 0 Å². The van der Waals surface area contributed by atoms with E-state index in [2.05, 4.69) is 15.4 Å². The normalized spacial score (nSPS) is 15.5. The number of amides is 1. The number of esters is 1. The Morgan fingerprint density at radius 1 is 1.26 bits per heavy atom. The van der Waals surface area contributed by atoms with E-state index in [1.807, 2.05) is 0 Å². The Morgan fingerprint density at radius 3 is 2.42 bits per heavy atom. The highest BCUT2D eigenvalue weighted by molar-refractivity contribution is 5.95. The third-order valence-corrected chi connectivity index (χ3v) is 3.00. The maximum absolute atomic E-state index is 11.8. The average Bonchev–Trinajstić information content (AvgIpc) is 3.22. The van der Waals surface area contributed by atoms with E-state index in [1.165, 1.54) is 7.11 Å².